The van der Waals surface area contributed by atoms with Crippen LogP contribution >= 0.6 is 0 Å². The first-order valence-corrected chi connectivity index (χ1v) is 8.46. The number of rotatable bonds is 13. The van der Waals surface area contributed by atoms with Gasteiger partial charge in [-0.05, 0) is 38.4 Å². The van der Waals surface area contributed by atoms with Crippen molar-refractivity contribution in [2.24, 2.45) is 5.92 Å². The molecule has 1 unspecified atom stereocenters. The molecule has 18 heavy (non-hydrogen) atoms. The van der Waals surface area contributed by atoms with Crippen molar-refractivity contribution >= 4 is 0 Å². The van der Waals surface area contributed by atoms with E-state index >= 15 is 0 Å². The van der Waals surface area contributed by atoms with Crippen LogP contribution in [0.1, 0.15) is 85.5 Å². The SMILES string of the molecule is CCCCCCCN(CC)CCCCC(C)CC. The first-order valence-electron chi connectivity index (χ1n) is 8.46. The summed E-state index contributed by atoms with van der Waals surface area (Å²) in [6.45, 7) is 13.2. The summed E-state index contributed by atoms with van der Waals surface area (Å²) < 4.78 is 0. The van der Waals surface area contributed by atoms with E-state index in [9.17, 15) is 0 Å². The summed E-state index contributed by atoms with van der Waals surface area (Å²) in [6.07, 6.45) is 12.6. The molecule has 0 saturated carbocycles. The molecule has 1 nitrogen and oxygen atoms in total. The maximum Gasteiger partial charge on any atom is -0.00189 e. The van der Waals surface area contributed by atoms with Crippen LogP contribution in [0.25, 0.3) is 0 Å². The van der Waals surface area contributed by atoms with Gasteiger partial charge in [0.25, 0.3) is 0 Å². The minimum absolute atomic E-state index is 0.925. The van der Waals surface area contributed by atoms with Crippen molar-refractivity contribution < 1.29 is 0 Å². The lowest BCUT2D eigenvalue weighted by Crippen LogP contribution is -2.25. The van der Waals surface area contributed by atoms with Crippen LogP contribution in [0, 0.1) is 5.92 Å². The Balaban J connectivity index is 3.40. The fraction of sp³-hybridized carbons (Fsp3) is 1.00. The van der Waals surface area contributed by atoms with Gasteiger partial charge in [0.15, 0.2) is 0 Å². The Kier molecular flexibility index (Phi) is 13.4. The summed E-state index contributed by atoms with van der Waals surface area (Å²) in [4.78, 5) is 2.64. The van der Waals surface area contributed by atoms with Gasteiger partial charge in [-0.25, -0.2) is 0 Å². The van der Waals surface area contributed by atoms with Gasteiger partial charge in [-0.3, -0.25) is 0 Å². The van der Waals surface area contributed by atoms with Crippen LogP contribution in [0.4, 0.5) is 0 Å². The van der Waals surface area contributed by atoms with E-state index in [1.165, 1.54) is 77.4 Å². The first kappa shape index (κ1) is 18.0. The van der Waals surface area contributed by atoms with E-state index in [2.05, 4.69) is 32.6 Å². The second-order valence-electron chi connectivity index (χ2n) is 5.86. The summed E-state index contributed by atoms with van der Waals surface area (Å²) in [5.74, 6) is 0.925. The lowest BCUT2D eigenvalue weighted by molar-refractivity contribution is 0.271. The molecule has 0 aliphatic heterocycles. The van der Waals surface area contributed by atoms with E-state index in [1.807, 2.05) is 0 Å². The lowest BCUT2D eigenvalue weighted by atomic mass is 10.0. The highest BCUT2D eigenvalue weighted by atomic mass is 15.1. The van der Waals surface area contributed by atoms with Crippen molar-refractivity contribution in [1.29, 1.82) is 0 Å². The topological polar surface area (TPSA) is 3.24 Å². The fourth-order valence-corrected chi connectivity index (χ4v) is 2.40. The molecule has 0 heterocycles. The minimum atomic E-state index is 0.925. The molecular weight excluding hydrogens is 218 g/mol. The van der Waals surface area contributed by atoms with Gasteiger partial charge in [-0.1, -0.05) is 72.6 Å². The van der Waals surface area contributed by atoms with E-state index < -0.39 is 0 Å². The maximum absolute atomic E-state index is 2.64. The van der Waals surface area contributed by atoms with Gasteiger partial charge < -0.3 is 4.90 Å². The van der Waals surface area contributed by atoms with Crippen molar-refractivity contribution in [3.63, 3.8) is 0 Å². The van der Waals surface area contributed by atoms with Gasteiger partial charge in [0.05, 0.1) is 0 Å². The molecule has 1 heteroatoms. The number of unbranched alkanes of at least 4 members (excludes halogenated alkanes) is 5. The van der Waals surface area contributed by atoms with Crippen LogP contribution in [0.3, 0.4) is 0 Å². The van der Waals surface area contributed by atoms with Gasteiger partial charge >= 0.3 is 0 Å². The van der Waals surface area contributed by atoms with Gasteiger partial charge in [0.1, 0.15) is 0 Å². The van der Waals surface area contributed by atoms with Crippen LogP contribution in [0.15, 0.2) is 0 Å². The van der Waals surface area contributed by atoms with Crippen molar-refractivity contribution in [3.05, 3.63) is 0 Å². The van der Waals surface area contributed by atoms with Crippen LogP contribution in [-0.4, -0.2) is 24.5 Å². The third-order valence-electron chi connectivity index (χ3n) is 4.14. The number of nitrogens with zero attached hydrogens (tertiary/aromatic N) is 1. The van der Waals surface area contributed by atoms with Gasteiger partial charge in [0.2, 0.25) is 0 Å². The van der Waals surface area contributed by atoms with Crippen molar-refractivity contribution in [2.45, 2.75) is 85.5 Å². The average molecular weight is 255 g/mol. The Bertz CT molecular complexity index is 156. The quantitative estimate of drug-likeness (QED) is 0.393. The van der Waals surface area contributed by atoms with E-state index in [4.69, 9.17) is 0 Å². The summed E-state index contributed by atoms with van der Waals surface area (Å²) in [7, 11) is 0. The highest BCUT2D eigenvalue weighted by molar-refractivity contribution is 4.58. The Morgan fingerprint density at radius 3 is 1.94 bits per heavy atom. The summed E-state index contributed by atoms with van der Waals surface area (Å²) in [5.41, 5.74) is 0. The monoisotopic (exact) mass is 255 g/mol. The smallest absolute Gasteiger partial charge is 0.00189 e. The number of hydrogen-bond donors (Lipinski definition) is 0. The molecule has 0 N–H and O–H groups in total. The molecular formula is C17H37N. The Morgan fingerprint density at radius 1 is 0.778 bits per heavy atom. The van der Waals surface area contributed by atoms with Crippen molar-refractivity contribution in [1.82, 2.24) is 4.90 Å². The maximum atomic E-state index is 2.64. The molecule has 0 aliphatic carbocycles. The second-order valence-corrected chi connectivity index (χ2v) is 5.86. The fourth-order valence-electron chi connectivity index (χ4n) is 2.40. The normalized spacial score (nSPS) is 13.2. The van der Waals surface area contributed by atoms with Crippen LogP contribution in [0.5, 0.6) is 0 Å². The zero-order valence-corrected chi connectivity index (χ0v) is 13.5. The highest BCUT2D eigenvalue weighted by Crippen LogP contribution is 2.11. The predicted octanol–water partition coefficient (Wildman–Crippen LogP) is 5.50. The first-order chi connectivity index (χ1) is 8.74. The zero-order valence-electron chi connectivity index (χ0n) is 13.5. The minimum Gasteiger partial charge on any atom is -0.304 e. The lowest BCUT2D eigenvalue weighted by Gasteiger charge is -2.20. The highest BCUT2D eigenvalue weighted by Gasteiger charge is 2.03. The molecule has 0 rings (SSSR count). The van der Waals surface area contributed by atoms with Crippen LogP contribution < -0.4 is 0 Å². The number of hydrogen-bond acceptors (Lipinski definition) is 1. The average Bonchev–Trinajstić information content (AvgIpc) is 2.40. The third kappa shape index (κ3) is 11.1. The molecule has 0 aromatic rings. The van der Waals surface area contributed by atoms with E-state index in [0.717, 1.165) is 5.92 Å². The standard InChI is InChI=1S/C17H37N/c1-5-8-9-10-12-15-18(7-3)16-13-11-14-17(4)6-2/h17H,5-16H2,1-4H3. The van der Waals surface area contributed by atoms with Crippen LogP contribution in [-0.2, 0) is 0 Å². The molecule has 0 aliphatic rings. The second kappa shape index (κ2) is 13.4. The molecule has 0 amide bonds. The summed E-state index contributed by atoms with van der Waals surface area (Å²) >= 11 is 0. The summed E-state index contributed by atoms with van der Waals surface area (Å²) in [6, 6.07) is 0. The molecule has 0 bridgehead atoms. The van der Waals surface area contributed by atoms with E-state index in [1.54, 1.807) is 0 Å². The third-order valence-corrected chi connectivity index (χ3v) is 4.14. The largest absolute Gasteiger partial charge is 0.304 e. The summed E-state index contributed by atoms with van der Waals surface area (Å²) in [5, 5.41) is 0. The Labute approximate surface area is 116 Å². The van der Waals surface area contributed by atoms with Gasteiger partial charge in [-0.15, -0.1) is 0 Å². The molecule has 0 aromatic carbocycles. The van der Waals surface area contributed by atoms with E-state index in [0.29, 0.717) is 0 Å². The Morgan fingerprint density at radius 2 is 1.39 bits per heavy atom. The molecule has 0 radical (unpaired) electrons. The van der Waals surface area contributed by atoms with Crippen LogP contribution in [0.2, 0.25) is 0 Å². The molecule has 1 atom stereocenters. The molecule has 0 spiro atoms. The molecule has 0 fully saturated rings. The zero-order chi connectivity index (χ0) is 13.6. The van der Waals surface area contributed by atoms with Crippen molar-refractivity contribution in [3.8, 4) is 0 Å². The predicted molar refractivity (Wildman–Crippen MR) is 84.2 cm³/mol. The molecule has 0 aromatic heterocycles. The van der Waals surface area contributed by atoms with E-state index in [-0.39, 0.29) is 0 Å². The van der Waals surface area contributed by atoms with Gasteiger partial charge in [0, 0.05) is 0 Å². The molecule has 110 valence electrons. The van der Waals surface area contributed by atoms with Crippen molar-refractivity contribution in [2.75, 3.05) is 19.6 Å². The molecule has 0 saturated heterocycles. The van der Waals surface area contributed by atoms with Gasteiger partial charge in [-0.2, -0.15) is 0 Å². The Hall–Kier alpha value is -0.0400.